The van der Waals surface area contributed by atoms with Crippen molar-refractivity contribution in [1.29, 1.82) is 0 Å². The Labute approximate surface area is 157 Å². The summed E-state index contributed by atoms with van der Waals surface area (Å²) in [4.78, 5) is 25.3. The lowest BCUT2D eigenvalue weighted by Gasteiger charge is -2.31. The summed E-state index contributed by atoms with van der Waals surface area (Å²) in [6, 6.07) is 2.01. The van der Waals surface area contributed by atoms with Crippen LogP contribution in [0, 0.1) is 0 Å². The van der Waals surface area contributed by atoms with E-state index in [1.54, 1.807) is 11.7 Å². The summed E-state index contributed by atoms with van der Waals surface area (Å²) in [5.41, 5.74) is 2.88. The molecular weight excluding hydrogens is 348 g/mol. The fourth-order valence-corrected chi connectivity index (χ4v) is 3.68. The molecule has 0 saturated carbocycles. The number of anilines is 2. The Morgan fingerprint density at radius 2 is 2.00 bits per heavy atom. The van der Waals surface area contributed by atoms with Crippen LogP contribution in [0.2, 0.25) is 0 Å². The van der Waals surface area contributed by atoms with Crippen LogP contribution in [0.25, 0.3) is 0 Å². The molecule has 1 saturated heterocycles. The van der Waals surface area contributed by atoms with E-state index in [1.165, 1.54) is 0 Å². The van der Waals surface area contributed by atoms with Gasteiger partial charge < -0.3 is 19.6 Å². The Morgan fingerprint density at radius 1 is 1.22 bits per heavy atom. The van der Waals surface area contributed by atoms with Crippen LogP contribution in [0.1, 0.15) is 34.4 Å². The highest BCUT2D eigenvalue weighted by molar-refractivity contribution is 5.87. The molecule has 2 aliphatic rings. The third-order valence-electron chi connectivity index (χ3n) is 5.18. The quantitative estimate of drug-likeness (QED) is 0.845. The number of rotatable bonds is 4. The lowest BCUT2D eigenvalue weighted by atomic mass is 10.0. The second-order valence-electron chi connectivity index (χ2n) is 6.84. The van der Waals surface area contributed by atoms with Crippen molar-refractivity contribution in [3.8, 4) is 0 Å². The number of hydrogen-bond acceptors (Lipinski definition) is 7. The Hall–Kier alpha value is -2.68. The predicted molar refractivity (Wildman–Crippen MR) is 99.4 cm³/mol. The maximum atomic E-state index is 11.6. The molecule has 4 rings (SSSR count). The SMILES string of the molecule is CCc1cc(N2CCc3c(c(C(=O)O)nn3C)C2)nc(N2CCOCC2)n1. The smallest absolute Gasteiger partial charge is 0.356 e. The molecule has 144 valence electrons. The Kier molecular flexibility index (Phi) is 4.69. The van der Waals surface area contributed by atoms with E-state index >= 15 is 0 Å². The average molecular weight is 372 g/mol. The van der Waals surface area contributed by atoms with Crippen molar-refractivity contribution in [3.05, 3.63) is 28.7 Å². The number of hydrogen-bond donors (Lipinski definition) is 1. The van der Waals surface area contributed by atoms with Gasteiger partial charge in [0.05, 0.1) is 13.2 Å². The minimum atomic E-state index is -0.986. The zero-order valence-electron chi connectivity index (χ0n) is 15.7. The van der Waals surface area contributed by atoms with E-state index in [0.717, 1.165) is 61.2 Å². The van der Waals surface area contributed by atoms with Crippen LogP contribution in [0.5, 0.6) is 0 Å². The van der Waals surface area contributed by atoms with Gasteiger partial charge in [0.25, 0.3) is 0 Å². The monoisotopic (exact) mass is 372 g/mol. The van der Waals surface area contributed by atoms with Crippen molar-refractivity contribution in [1.82, 2.24) is 19.7 Å². The number of carboxylic acid groups (broad SMARTS) is 1. The van der Waals surface area contributed by atoms with Crippen LogP contribution in [0.4, 0.5) is 11.8 Å². The van der Waals surface area contributed by atoms with Gasteiger partial charge in [-0.1, -0.05) is 6.92 Å². The second kappa shape index (κ2) is 7.15. The fraction of sp³-hybridized carbons (Fsp3) is 0.556. The lowest BCUT2D eigenvalue weighted by molar-refractivity contribution is 0.0688. The first-order valence-electron chi connectivity index (χ1n) is 9.30. The number of carbonyl (C=O) groups is 1. The zero-order chi connectivity index (χ0) is 19.0. The van der Waals surface area contributed by atoms with Crippen LogP contribution in [0.15, 0.2) is 6.07 Å². The first kappa shape index (κ1) is 17.7. The topological polar surface area (TPSA) is 96.6 Å². The minimum Gasteiger partial charge on any atom is -0.476 e. The van der Waals surface area contributed by atoms with Gasteiger partial charge in [0.2, 0.25) is 5.95 Å². The van der Waals surface area contributed by atoms with E-state index in [-0.39, 0.29) is 5.69 Å². The molecule has 0 spiro atoms. The number of morpholine rings is 1. The highest BCUT2D eigenvalue weighted by Gasteiger charge is 2.28. The molecule has 4 heterocycles. The molecule has 9 nitrogen and oxygen atoms in total. The maximum Gasteiger partial charge on any atom is 0.356 e. The van der Waals surface area contributed by atoms with Crippen LogP contribution >= 0.6 is 0 Å². The highest BCUT2D eigenvalue weighted by atomic mass is 16.5. The van der Waals surface area contributed by atoms with Gasteiger partial charge in [0.15, 0.2) is 5.69 Å². The van der Waals surface area contributed by atoms with E-state index in [2.05, 4.69) is 26.8 Å². The van der Waals surface area contributed by atoms with Crippen molar-refractivity contribution < 1.29 is 14.6 Å². The molecule has 0 radical (unpaired) electrons. The van der Waals surface area contributed by atoms with Gasteiger partial charge in [-0.15, -0.1) is 0 Å². The van der Waals surface area contributed by atoms with Gasteiger partial charge in [-0.05, 0) is 6.42 Å². The van der Waals surface area contributed by atoms with Gasteiger partial charge in [-0.2, -0.15) is 10.1 Å². The number of ether oxygens (including phenoxy) is 1. The van der Waals surface area contributed by atoms with Crippen LogP contribution < -0.4 is 9.80 Å². The first-order valence-corrected chi connectivity index (χ1v) is 9.30. The van der Waals surface area contributed by atoms with E-state index in [0.29, 0.717) is 19.8 Å². The summed E-state index contributed by atoms with van der Waals surface area (Å²) in [7, 11) is 1.80. The van der Waals surface area contributed by atoms with Crippen LogP contribution in [0.3, 0.4) is 0 Å². The molecule has 0 bridgehead atoms. The normalized spacial score (nSPS) is 17.1. The molecule has 2 aliphatic heterocycles. The second-order valence-corrected chi connectivity index (χ2v) is 6.84. The molecule has 0 aliphatic carbocycles. The minimum absolute atomic E-state index is 0.135. The lowest BCUT2D eigenvalue weighted by Crippen LogP contribution is -2.38. The summed E-state index contributed by atoms with van der Waals surface area (Å²) >= 11 is 0. The van der Waals surface area contributed by atoms with Crippen molar-refractivity contribution in [2.75, 3.05) is 42.6 Å². The largest absolute Gasteiger partial charge is 0.476 e. The van der Waals surface area contributed by atoms with Gasteiger partial charge >= 0.3 is 5.97 Å². The Morgan fingerprint density at radius 3 is 2.70 bits per heavy atom. The molecule has 0 aromatic carbocycles. The molecule has 0 unspecified atom stereocenters. The van der Waals surface area contributed by atoms with E-state index < -0.39 is 5.97 Å². The maximum absolute atomic E-state index is 11.6. The molecule has 0 amide bonds. The Balaban J connectivity index is 1.66. The van der Waals surface area contributed by atoms with Crippen molar-refractivity contribution in [3.63, 3.8) is 0 Å². The third-order valence-corrected chi connectivity index (χ3v) is 5.18. The number of aromatic carboxylic acids is 1. The molecule has 2 aromatic heterocycles. The summed E-state index contributed by atoms with van der Waals surface area (Å²) in [5.74, 6) is 0.580. The van der Waals surface area contributed by atoms with Gasteiger partial charge in [-0.3, -0.25) is 4.68 Å². The molecular formula is C18H24N6O3. The summed E-state index contributed by atoms with van der Waals surface area (Å²) in [5, 5.41) is 13.6. The predicted octanol–water partition coefficient (Wildman–Crippen LogP) is 0.870. The Bertz CT molecular complexity index is 859. The summed E-state index contributed by atoms with van der Waals surface area (Å²) in [6.07, 6.45) is 1.56. The molecule has 1 fully saturated rings. The number of carboxylic acids is 1. The standard InChI is InChI=1S/C18H24N6O3/c1-3-12-10-15(20-18(19-12)23-6-8-27-9-7-23)24-5-4-14-13(11-24)16(17(25)26)21-22(14)2/h10H,3-9,11H2,1-2H3,(H,25,26). The van der Waals surface area contributed by atoms with Crippen LogP contribution in [-0.4, -0.2) is 63.7 Å². The summed E-state index contributed by atoms with van der Waals surface area (Å²) in [6.45, 7) is 6.26. The molecule has 9 heteroatoms. The number of nitrogens with zero attached hydrogens (tertiary/aromatic N) is 6. The van der Waals surface area contributed by atoms with Crippen molar-refractivity contribution in [2.24, 2.45) is 7.05 Å². The van der Waals surface area contributed by atoms with Crippen molar-refractivity contribution in [2.45, 2.75) is 26.3 Å². The average Bonchev–Trinajstić information content (AvgIpc) is 3.04. The molecule has 0 atom stereocenters. The molecule has 2 aromatic rings. The molecule has 27 heavy (non-hydrogen) atoms. The fourth-order valence-electron chi connectivity index (χ4n) is 3.68. The van der Waals surface area contributed by atoms with E-state index in [1.807, 2.05) is 6.07 Å². The van der Waals surface area contributed by atoms with Gasteiger partial charge in [0.1, 0.15) is 5.82 Å². The van der Waals surface area contributed by atoms with Gasteiger partial charge in [-0.25, -0.2) is 9.78 Å². The third kappa shape index (κ3) is 3.34. The first-order chi connectivity index (χ1) is 13.1. The van der Waals surface area contributed by atoms with E-state index in [4.69, 9.17) is 9.72 Å². The van der Waals surface area contributed by atoms with Crippen LogP contribution in [-0.2, 0) is 31.2 Å². The molecule has 1 N–H and O–H groups in total. The number of aromatic nitrogens is 4. The highest BCUT2D eigenvalue weighted by Crippen LogP contribution is 2.27. The van der Waals surface area contributed by atoms with E-state index in [9.17, 15) is 9.90 Å². The number of fused-ring (bicyclic) bond motifs is 1. The number of aryl methyl sites for hydroxylation is 2. The summed E-state index contributed by atoms with van der Waals surface area (Å²) < 4.78 is 7.12. The van der Waals surface area contributed by atoms with Crippen molar-refractivity contribution >= 4 is 17.7 Å². The van der Waals surface area contributed by atoms with Gasteiger partial charge in [0, 0.05) is 62.7 Å². The zero-order valence-corrected chi connectivity index (χ0v) is 15.7.